The van der Waals surface area contributed by atoms with Crippen LogP contribution in [0.2, 0.25) is 0 Å². The second-order valence-corrected chi connectivity index (χ2v) is 19.3. The minimum Gasteiger partial charge on any atom is -0.756 e. The third-order valence-electron chi connectivity index (χ3n) is 10.9. The number of carbonyl (C=O) groups excluding carboxylic acids is 2. The zero-order valence-electron chi connectivity index (χ0n) is 38.3. The normalized spacial score (nSPS) is 13.4. The maximum Gasteiger partial charge on any atom is 0.306 e. The summed E-state index contributed by atoms with van der Waals surface area (Å²) in [5, 5.41) is 0. The third-order valence-corrected chi connectivity index (χ3v) is 11.8. The summed E-state index contributed by atoms with van der Waals surface area (Å²) in [5.41, 5.74) is 0. The minimum absolute atomic E-state index is 0.0256. The van der Waals surface area contributed by atoms with Crippen molar-refractivity contribution in [1.29, 1.82) is 0 Å². The highest BCUT2D eigenvalue weighted by Crippen LogP contribution is 2.38. The number of phosphoric ester groups is 1. The molecular formula is C47H94NO8P. The molecule has 0 aromatic heterocycles. The molecule has 0 bridgehead atoms. The number of hydrogen-bond acceptors (Lipinski definition) is 8. The molecule has 0 fully saturated rings. The lowest BCUT2D eigenvalue weighted by Crippen LogP contribution is -2.37. The molecule has 0 radical (unpaired) electrons. The summed E-state index contributed by atoms with van der Waals surface area (Å²) < 4.78 is 34.0. The molecule has 0 spiro atoms. The average Bonchev–Trinajstić information content (AvgIpc) is 3.16. The Balaban J connectivity index is 4.20. The van der Waals surface area contributed by atoms with Crippen LogP contribution in [-0.4, -0.2) is 70.0 Å². The molecule has 0 amide bonds. The van der Waals surface area contributed by atoms with Gasteiger partial charge in [0.05, 0.1) is 27.7 Å². The van der Waals surface area contributed by atoms with Crippen molar-refractivity contribution in [3.63, 3.8) is 0 Å². The number of carbonyl (C=O) groups is 2. The second kappa shape index (κ2) is 40.4. The van der Waals surface area contributed by atoms with Crippen molar-refractivity contribution in [1.82, 2.24) is 0 Å². The van der Waals surface area contributed by atoms with E-state index < -0.39 is 26.5 Å². The van der Waals surface area contributed by atoms with Gasteiger partial charge in [-0.15, -0.1) is 0 Å². The summed E-state index contributed by atoms with van der Waals surface area (Å²) >= 11 is 0. The van der Waals surface area contributed by atoms with Gasteiger partial charge >= 0.3 is 11.9 Å². The summed E-state index contributed by atoms with van der Waals surface area (Å²) in [5.74, 6) is -0.817. The lowest BCUT2D eigenvalue weighted by atomic mass is 10.0. The quantitative estimate of drug-likeness (QED) is 0.0258. The first kappa shape index (κ1) is 56.0. The number of nitrogens with zero attached hydrogens (tertiary/aromatic N) is 1. The van der Waals surface area contributed by atoms with Crippen LogP contribution in [0, 0.1) is 0 Å². The molecule has 0 N–H and O–H groups in total. The van der Waals surface area contributed by atoms with Crippen LogP contribution in [0.3, 0.4) is 0 Å². The molecule has 57 heavy (non-hydrogen) atoms. The summed E-state index contributed by atoms with van der Waals surface area (Å²) in [4.78, 5) is 37.6. The summed E-state index contributed by atoms with van der Waals surface area (Å²) in [6, 6.07) is 0. The highest BCUT2D eigenvalue weighted by atomic mass is 31.2. The molecule has 0 aromatic rings. The number of unbranched alkanes of at least 4 members (excludes halogenated alkanes) is 31. The van der Waals surface area contributed by atoms with E-state index in [0.29, 0.717) is 17.4 Å². The van der Waals surface area contributed by atoms with E-state index in [1.807, 2.05) is 21.1 Å². The van der Waals surface area contributed by atoms with Crippen LogP contribution in [0.15, 0.2) is 0 Å². The van der Waals surface area contributed by atoms with Crippen molar-refractivity contribution in [2.45, 2.75) is 245 Å². The Morgan fingerprint density at radius 1 is 0.474 bits per heavy atom. The number of likely N-dealkylation sites (N-methyl/N-ethyl adjacent to an activating group) is 1. The Labute approximate surface area is 353 Å². The van der Waals surface area contributed by atoms with E-state index in [2.05, 4.69) is 13.8 Å². The summed E-state index contributed by atoms with van der Waals surface area (Å²) in [6.07, 6.45) is 41.3. The van der Waals surface area contributed by atoms with E-state index in [9.17, 15) is 19.0 Å². The molecule has 10 heteroatoms. The van der Waals surface area contributed by atoms with Gasteiger partial charge in [0.15, 0.2) is 6.10 Å². The lowest BCUT2D eigenvalue weighted by molar-refractivity contribution is -0.870. The molecule has 0 aromatic carbocycles. The van der Waals surface area contributed by atoms with Gasteiger partial charge in [0.2, 0.25) is 0 Å². The topological polar surface area (TPSA) is 111 Å². The molecule has 1 unspecified atom stereocenters. The fraction of sp³-hybridized carbons (Fsp3) is 0.957. The molecule has 0 saturated heterocycles. The number of quaternary nitrogens is 1. The maximum absolute atomic E-state index is 12.7. The van der Waals surface area contributed by atoms with Crippen LogP contribution in [-0.2, 0) is 32.7 Å². The number of phosphoric acid groups is 1. The Bertz CT molecular complexity index is 943. The fourth-order valence-corrected chi connectivity index (χ4v) is 7.80. The zero-order chi connectivity index (χ0) is 42.1. The van der Waals surface area contributed by atoms with E-state index in [-0.39, 0.29) is 32.0 Å². The molecule has 0 saturated carbocycles. The van der Waals surface area contributed by atoms with Gasteiger partial charge in [0, 0.05) is 12.8 Å². The van der Waals surface area contributed by atoms with Gasteiger partial charge in [0.1, 0.15) is 19.8 Å². The van der Waals surface area contributed by atoms with Gasteiger partial charge in [-0.3, -0.25) is 14.2 Å². The van der Waals surface area contributed by atoms with Crippen LogP contribution in [0.4, 0.5) is 0 Å². The van der Waals surface area contributed by atoms with Gasteiger partial charge in [-0.2, -0.15) is 0 Å². The average molecular weight is 832 g/mol. The monoisotopic (exact) mass is 832 g/mol. The van der Waals surface area contributed by atoms with Crippen molar-refractivity contribution in [2.24, 2.45) is 0 Å². The predicted molar refractivity (Wildman–Crippen MR) is 236 cm³/mol. The second-order valence-electron chi connectivity index (χ2n) is 17.8. The maximum atomic E-state index is 12.7. The van der Waals surface area contributed by atoms with Crippen LogP contribution in [0.5, 0.6) is 0 Å². The molecular weight excluding hydrogens is 737 g/mol. The van der Waals surface area contributed by atoms with E-state index >= 15 is 0 Å². The van der Waals surface area contributed by atoms with Gasteiger partial charge in [0.25, 0.3) is 7.82 Å². The largest absolute Gasteiger partial charge is 0.756 e. The van der Waals surface area contributed by atoms with E-state index in [4.69, 9.17) is 18.5 Å². The number of esters is 2. The summed E-state index contributed by atoms with van der Waals surface area (Å²) in [6.45, 7) is 4.27. The Morgan fingerprint density at radius 3 is 1.12 bits per heavy atom. The van der Waals surface area contributed by atoms with Gasteiger partial charge < -0.3 is 27.9 Å². The molecule has 2 atom stereocenters. The Hall–Kier alpha value is -0.990. The Kier molecular flexibility index (Phi) is 39.7. The van der Waals surface area contributed by atoms with Crippen molar-refractivity contribution in [3.8, 4) is 0 Å². The first-order chi connectivity index (χ1) is 27.5. The molecule has 0 aliphatic rings. The molecule has 0 rings (SSSR count). The Morgan fingerprint density at radius 2 is 0.789 bits per heavy atom. The standard InChI is InChI=1S/C47H94NO8P/c1-6-8-10-12-14-16-18-20-21-22-23-24-25-26-28-29-31-33-35-37-39-46(49)53-43-45(44-55-57(51,52)54-42-41-48(3,4)5)56-47(50)40-38-36-34-32-30-27-19-17-15-13-11-9-7-2/h45H,6-44H2,1-5H3/t45-/m1/s1. The number of hydrogen-bond donors (Lipinski definition) is 0. The molecule has 0 aliphatic carbocycles. The molecule has 340 valence electrons. The van der Waals surface area contributed by atoms with Crippen LogP contribution >= 0.6 is 7.82 Å². The first-order valence-electron chi connectivity index (χ1n) is 24.2. The smallest absolute Gasteiger partial charge is 0.306 e. The van der Waals surface area contributed by atoms with Crippen molar-refractivity contribution in [3.05, 3.63) is 0 Å². The summed E-state index contributed by atoms with van der Waals surface area (Å²) in [7, 11) is 1.18. The minimum atomic E-state index is -4.62. The first-order valence-corrected chi connectivity index (χ1v) is 25.7. The molecule has 0 aliphatic heterocycles. The van der Waals surface area contributed by atoms with E-state index in [1.54, 1.807) is 0 Å². The van der Waals surface area contributed by atoms with Crippen LogP contribution < -0.4 is 4.89 Å². The van der Waals surface area contributed by atoms with Gasteiger partial charge in [-0.1, -0.05) is 213 Å². The predicted octanol–water partition coefficient (Wildman–Crippen LogP) is 13.3. The van der Waals surface area contributed by atoms with Gasteiger partial charge in [-0.25, -0.2) is 0 Å². The van der Waals surface area contributed by atoms with Crippen molar-refractivity contribution < 1.29 is 42.1 Å². The molecule has 0 heterocycles. The van der Waals surface area contributed by atoms with Crippen LogP contribution in [0.25, 0.3) is 0 Å². The molecule has 9 nitrogen and oxygen atoms in total. The zero-order valence-corrected chi connectivity index (χ0v) is 39.2. The highest BCUT2D eigenvalue weighted by molar-refractivity contribution is 7.45. The third kappa shape index (κ3) is 44.4. The van der Waals surface area contributed by atoms with Crippen molar-refractivity contribution >= 4 is 19.8 Å². The SMILES string of the molecule is CCCCCCCCCCCCCCCCCCCCCCC(=O)OC[C@H](COP(=O)([O-])OCC[N+](C)(C)C)OC(=O)CCCCCCCCCCCCCCC. The van der Waals surface area contributed by atoms with Crippen molar-refractivity contribution in [2.75, 3.05) is 47.5 Å². The number of rotatable bonds is 45. The van der Waals surface area contributed by atoms with Gasteiger partial charge in [-0.05, 0) is 12.8 Å². The van der Waals surface area contributed by atoms with Crippen LogP contribution in [0.1, 0.15) is 239 Å². The lowest BCUT2D eigenvalue weighted by Gasteiger charge is -2.28. The highest BCUT2D eigenvalue weighted by Gasteiger charge is 2.21. The fourth-order valence-electron chi connectivity index (χ4n) is 7.07. The van der Waals surface area contributed by atoms with E-state index in [1.165, 1.54) is 173 Å². The van der Waals surface area contributed by atoms with E-state index in [0.717, 1.165) is 32.1 Å². The number of ether oxygens (including phenoxy) is 2.